The second-order valence-corrected chi connectivity index (χ2v) is 9.16. The Morgan fingerprint density at radius 3 is 2.70 bits per heavy atom. The third-order valence-corrected chi connectivity index (χ3v) is 6.97. The molecule has 1 aliphatic heterocycles. The van der Waals surface area contributed by atoms with Crippen LogP contribution in [0.1, 0.15) is 28.8 Å². The van der Waals surface area contributed by atoms with Gasteiger partial charge < -0.3 is 10.1 Å². The summed E-state index contributed by atoms with van der Waals surface area (Å²) < 4.78 is 47.0. The van der Waals surface area contributed by atoms with E-state index in [-0.39, 0.29) is 23.7 Å². The smallest absolute Gasteiger partial charge is 0.376 e. The van der Waals surface area contributed by atoms with Gasteiger partial charge in [-0.1, -0.05) is 6.07 Å². The number of amides is 1. The zero-order valence-electron chi connectivity index (χ0n) is 18.0. The second-order valence-electron chi connectivity index (χ2n) is 7.96. The molecule has 1 N–H and O–H groups in total. The molecule has 1 atom stereocenters. The van der Waals surface area contributed by atoms with Crippen molar-refractivity contribution in [3.05, 3.63) is 61.1 Å². The standard InChI is InChI=1S/C22H22F3N3O4S/c1-12-13(2)33-20-18(12)19(30)28(15-6-3-5-14(9-15)22(23,24)25)21(31)27(20)11-17(29)26-10-16-7-4-8-32-16/h3,5-6,9,16H,4,7-8,10-11H2,1-2H3,(H,26,29)/t16-/m1/s1. The van der Waals surface area contributed by atoms with Gasteiger partial charge in [0, 0.05) is 18.0 Å². The van der Waals surface area contributed by atoms with Crippen LogP contribution in [-0.4, -0.2) is 34.3 Å². The number of alkyl halides is 3. The maximum absolute atomic E-state index is 13.3. The lowest BCUT2D eigenvalue weighted by Gasteiger charge is -2.15. The highest BCUT2D eigenvalue weighted by Gasteiger charge is 2.31. The number of aromatic nitrogens is 2. The molecule has 0 aliphatic carbocycles. The SMILES string of the molecule is Cc1sc2c(c1C)c(=O)n(-c1cccc(C(F)(F)F)c1)c(=O)n2CC(=O)NC[C@H]1CCCO1. The lowest BCUT2D eigenvalue weighted by molar-refractivity contribution is -0.137. The lowest BCUT2D eigenvalue weighted by Crippen LogP contribution is -2.42. The predicted molar refractivity (Wildman–Crippen MR) is 118 cm³/mol. The lowest BCUT2D eigenvalue weighted by atomic mass is 10.2. The zero-order valence-corrected chi connectivity index (χ0v) is 18.8. The molecule has 1 amide bonds. The van der Waals surface area contributed by atoms with Crippen molar-refractivity contribution in [2.24, 2.45) is 0 Å². The molecule has 1 aromatic carbocycles. The molecular formula is C22H22F3N3O4S. The van der Waals surface area contributed by atoms with Gasteiger partial charge in [0.25, 0.3) is 5.56 Å². The van der Waals surface area contributed by atoms with Crippen LogP contribution in [0.2, 0.25) is 0 Å². The highest BCUT2D eigenvalue weighted by Crippen LogP contribution is 2.31. The highest BCUT2D eigenvalue weighted by molar-refractivity contribution is 7.18. The van der Waals surface area contributed by atoms with E-state index in [9.17, 15) is 27.6 Å². The number of hydrogen-bond acceptors (Lipinski definition) is 5. The number of nitrogens with one attached hydrogen (secondary N) is 1. The molecule has 0 saturated carbocycles. The van der Waals surface area contributed by atoms with E-state index < -0.39 is 28.9 Å². The van der Waals surface area contributed by atoms with Gasteiger partial charge in [0.2, 0.25) is 5.91 Å². The Morgan fingerprint density at radius 1 is 1.27 bits per heavy atom. The number of halogens is 3. The minimum absolute atomic E-state index is 0.0871. The number of thiophene rings is 1. The summed E-state index contributed by atoms with van der Waals surface area (Å²) in [6.45, 7) is 4.04. The Balaban J connectivity index is 1.82. The van der Waals surface area contributed by atoms with Crippen LogP contribution in [-0.2, 0) is 22.3 Å². The normalized spacial score (nSPS) is 16.5. The molecule has 3 heterocycles. The predicted octanol–water partition coefficient (Wildman–Crippen LogP) is 3.14. The number of aryl methyl sites for hydroxylation is 2. The van der Waals surface area contributed by atoms with Crippen molar-refractivity contribution in [1.82, 2.24) is 14.5 Å². The van der Waals surface area contributed by atoms with Gasteiger partial charge in [-0.25, -0.2) is 9.36 Å². The first-order chi connectivity index (χ1) is 15.6. The third-order valence-electron chi connectivity index (χ3n) is 5.74. The fraction of sp³-hybridized carbons (Fsp3) is 0.409. The molecular weight excluding hydrogens is 459 g/mol. The van der Waals surface area contributed by atoms with E-state index in [0.29, 0.717) is 28.1 Å². The van der Waals surface area contributed by atoms with Gasteiger partial charge in [0.15, 0.2) is 0 Å². The summed E-state index contributed by atoms with van der Waals surface area (Å²) >= 11 is 1.20. The molecule has 0 bridgehead atoms. The number of fused-ring (bicyclic) bond motifs is 1. The second kappa shape index (κ2) is 8.79. The van der Waals surface area contributed by atoms with Gasteiger partial charge in [-0.15, -0.1) is 11.3 Å². The van der Waals surface area contributed by atoms with Gasteiger partial charge in [-0.2, -0.15) is 13.2 Å². The summed E-state index contributed by atoms with van der Waals surface area (Å²) in [5.41, 5.74) is -2.16. The number of hydrogen-bond donors (Lipinski definition) is 1. The zero-order chi connectivity index (χ0) is 23.9. The van der Waals surface area contributed by atoms with Crippen molar-refractivity contribution in [2.45, 2.75) is 45.5 Å². The fourth-order valence-electron chi connectivity index (χ4n) is 3.88. The van der Waals surface area contributed by atoms with E-state index in [1.807, 2.05) is 0 Å². The molecule has 4 rings (SSSR count). The van der Waals surface area contributed by atoms with Gasteiger partial charge >= 0.3 is 11.9 Å². The summed E-state index contributed by atoms with van der Waals surface area (Å²) in [6, 6.07) is 4.02. The molecule has 3 aromatic rings. The molecule has 33 heavy (non-hydrogen) atoms. The summed E-state index contributed by atoms with van der Waals surface area (Å²) in [5, 5.41) is 2.94. The maximum atomic E-state index is 13.3. The molecule has 0 unspecified atom stereocenters. The first kappa shape index (κ1) is 23.2. The van der Waals surface area contributed by atoms with Crippen LogP contribution in [0.3, 0.4) is 0 Å². The summed E-state index contributed by atoms with van der Waals surface area (Å²) in [6.07, 6.45) is -2.99. The van der Waals surface area contributed by atoms with Crippen LogP contribution in [0.5, 0.6) is 0 Å². The van der Waals surface area contributed by atoms with Gasteiger partial charge in [0.05, 0.1) is 22.7 Å². The molecule has 2 aromatic heterocycles. The van der Waals surface area contributed by atoms with Crippen LogP contribution in [0.25, 0.3) is 15.9 Å². The average Bonchev–Trinajstić information content (AvgIpc) is 3.38. The van der Waals surface area contributed by atoms with E-state index in [4.69, 9.17) is 4.74 Å². The van der Waals surface area contributed by atoms with Crippen LogP contribution in [0, 0.1) is 13.8 Å². The minimum atomic E-state index is -4.64. The molecule has 11 heteroatoms. The van der Waals surface area contributed by atoms with Gasteiger partial charge in [0.1, 0.15) is 11.4 Å². The van der Waals surface area contributed by atoms with E-state index in [2.05, 4.69) is 5.32 Å². The van der Waals surface area contributed by atoms with E-state index in [1.165, 1.54) is 17.4 Å². The van der Waals surface area contributed by atoms with Crippen molar-refractivity contribution >= 4 is 27.5 Å². The number of carbonyl (C=O) groups excluding carboxylic acids is 1. The van der Waals surface area contributed by atoms with Crippen molar-refractivity contribution in [1.29, 1.82) is 0 Å². The topological polar surface area (TPSA) is 82.3 Å². The Labute approximate surface area is 190 Å². The first-order valence-corrected chi connectivity index (χ1v) is 11.2. The summed E-state index contributed by atoms with van der Waals surface area (Å²) in [4.78, 5) is 40.3. The van der Waals surface area contributed by atoms with E-state index in [1.54, 1.807) is 13.8 Å². The van der Waals surface area contributed by atoms with Crippen LogP contribution in [0.4, 0.5) is 13.2 Å². The average molecular weight is 481 g/mol. The maximum Gasteiger partial charge on any atom is 0.416 e. The quantitative estimate of drug-likeness (QED) is 0.607. The summed E-state index contributed by atoms with van der Waals surface area (Å²) in [7, 11) is 0. The van der Waals surface area contributed by atoms with Crippen molar-refractivity contribution in [3.8, 4) is 5.69 Å². The molecule has 7 nitrogen and oxygen atoms in total. The molecule has 0 radical (unpaired) electrons. The number of rotatable bonds is 5. The van der Waals surface area contributed by atoms with Crippen molar-refractivity contribution in [3.63, 3.8) is 0 Å². The Hall–Kier alpha value is -2.92. The number of carbonyl (C=O) groups is 1. The molecule has 1 aliphatic rings. The first-order valence-electron chi connectivity index (χ1n) is 10.4. The van der Waals surface area contributed by atoms with E-state index >= 15 is 0 Å². The Bertz CT molecular complexity index is 1330. The van der Waals surface area contributed by atoms with Crippen molar-refractivity contribution < 1.29 is 22.7 Å². The number of benzene rings is 1. The van der Waals surface area contributed by atoms with Crippen LogP contribution in [0.15, 0.2) is 33.9 Å². The monoisotopic (exact) mass is 481 g/mol. The number of nitrogens with zero attached hydrogens (tertiary/aromatic N) is 2. The molecule has 1 saturated heterocycles. The molecule has 1 fully saturated rings. The Kier molecular flexibility index (Phi) is 6.19. The van der Waals surface area contributed by atoms with Gasteiger partial charge in [-0.3, -0.25) is 14.2 Å². The number of ether oxygens (including phenoxy) is 1. The van der Waals surface area contributed by atoms with E-state index in [0.717, 1.165) is 40.5 Å². The third kappa shape index (κ3) is 4.47. The Morgan fingerprint density at radius 2 is 2.03 bits per heavy atom. The molecule has 0 spiro atoms. The largest absolute Gasteiger partial charge is 0.416 e. The summed E-state index contributed by atoms with van der Waals surface area (Å²) in [5.74, 6) is -0.452. The fourth-order valence-corrected chi connectivity index (χ4v) is 5.02. The minimum Gasteiger partial charge on any atom is -0.376 e. The van der Waals surface area contributed by atoms with Crippen LogP contribution >= 0.6 is 11.3 Å². The highest BCUT2D eigenvalue weighted by atomic mass is 32.1. The molecule has 176 valence electrons. The van der Waals surface area contributed by atoms with Crippen LogP contribution < -0.4 is 16.6 Å². The van der Waals surface area contributed by atoms with Gasteiger partial charge in [-0.05, 0) is 50.5 Å². The van der Waals surface area contributed by atoms with Crippen molar-refractivity contribution in [2.75, 3.05) is 13.2 Å².